The Morgan fingerprint density at radius 1 is 0.960 bits per heavy atom. The standard InChI is InChI=1S/C21H18N2O2/c1-16-7-5-9-18(13-16)21(24)25-20-12-6-8-17(14-20)15-22-23-19-10-3-2-4-11-19/h2-15,23H,1H3. The molecule has 3 aromatic carbocycles. The monoisotopic (exact) mass is 330 g/mol. The fraction of sp³-hybridized carbons (Fsp3) is 0.0476. The summed E-state index contributed by atoms with van der Waals surface area (Å²) in [6.45, 7) is 1.94. The molecule has 0 bridgehead atoms. The number of para-hydroxylation sites is 1. The van der Waals surface area contributed by atoms with Crippen LogP contribution in [0.1, 0.15) is 21.5 Å². The molecular formula is C21H18N2O2. The lowest BCUT2D eigenvalue weighted by Crippen LogP contribution is -2.08. The van der Waals surface area contributed by atoms with Crippen molar-refractivity contribution in [1.82, 2.24) is 0 Å². The zero-order chi connectivity index (χ0) is 17.5. The van der Waals surface area contributed by atoms with Gasteiger partial charge in [0.2, 0.25) is 0 Å². The van der Waals surface area contributed by atoms with Crippen molar-refractivity contribution in [3.8, 4) is 5.75 Å². The highest BCUT2D eigenvalue weighted by molar-refractivity contribution is 5.91. The van der Waals surface area contributed by atoms with Crippen molar-refractivity contribution in [2.45, 2.75) is 6.92 Å². The van der Waals surface area contributed by atoms with Crippen molar-refractivity contribution in [2.75, 3.05) is 5.43 Å². The Bertz CT molecular complexity index is 889. The number of esters is 1. The molecule has 0 radical (unpaired) electrons. The summed E-state index contributed by atoms with van der Waals surface area (Å²) in [5.74, 6) is 0.107. The largest absolute Gasteiger partial charge is 0.423 e. The van der Waals surface area contributed by atoms with Crippen LogP contribution >= 0.6 is 0 Å². The second-order valence-electron chi connectivity index (χ2n) is 5.57. The molecule has 0 atom stereocenters. The third kappa shape index (κ3) is 4.78. The average molecular weight is 330 g/mol. The molecule has 0 aliphatic heterocycles. The van der Waals surface area contributed by atoms with Gasteiger partial charge in [-0.3, -0.25) is 5.43 Å². The number of anilines is 1. The number of rotatable bonds is 5. The van der Waals surface area contributed by atoms with Gasteiger partial charge >= 0.3 is 5.97 Å². The Kier molecular flexibility index (Phi) is 5.22. The van der Waals surface area contributed by atoms with E-state index in [4.69, 9.17) is 4.74 Å². The van der Waals surface area contributed by atoms with Crippen LogP contribution in [0.4, 0.5) is 5.69 Å². The van der Waals surface area contributed by atoms with Crippen molar-refractivity contribution < 1.29 is 9.53 Å². The van der Waals surface area contributed by atoms with Crippen molar-refractivity contribution >= 4 is 17.9 Å². The Morgan fingerprint density at radius 2 is 1.76 bits per heavy atom. The number of carbonyl (C=O) groups excluding carboxylic acids is 1. The SMILES string of the molecule is Cc1cccc(C(=O)Oc2cccc(C=NNc3ccccc3)c2)c1. The van der Waals surface area contributed by atoms with Crippen LogP contribution in [-0.4, -0.2) is 12.2 Å². The Hall–Kier alpha value is -3.40. The number of hydrogen-bond donors (Lipinski definition) is 1. The number of hydrazone groups is 1. The van der Waals surface area contributed by atoms with Crippen LogP contribution in [0, 0.1) is 6.92 Å². The van der Waals surface area contributed by atoms with Gasteiger partial charge in [0.25, 0.3) is 0 Å². The minimum absolute atomic E-state index is 0.375. The maximum atomic E-state index is 12.2. The number of aryl methyl sites for hydroxylation is 1. The van der Waals surface area contributed by atoms with Crippen LogP contribution in [0.15, 0.2) is 84.0 Å². The van der Waals surface area contributed by atoms with Gasteiger partial charge in [-0.2, -0.15) is 5.10 Å². The van der Waals surface area contributed by atoms with E-state index in [1.165, 1.54) is 0 Å². The summed E-state index contributed by atoms with van der Waals surface area (Å²) in [6, 6.07) is 24.2. The average Bonchev–Trinajstić information content (AvgIpc) is 2.63. The summed E-state index contributed by atoms with van der Waals surface area (Å²) in [4.78, 5) is 12.2. The van der Waals surface area contributed by atoms with Gasteiger partial charge in [-0.25, -0.2) is 4.79 Å². The van der Waals surface area contributed by atoms with Gasteiger partial charge in [0.1, 0.15) is 5.75 Å². The van der Waals surface area contributed by atoms with Crippen molar-refractivity contribution in [3.05, 3.63) is 95.6 Å². The van der Waals surface area contributed by atoms with E-state index < -0.39 is 0 Å². The third-order valence-electron chi connectivity index (χ3n) is 3.50. The van der Waals surface area contributed by atoms with Crippen molar-refractivity contribution in [3.63, 3.8) is 0 Å². The number of benzene rings is 3. The molecule has 3 aromatic rings. The highest BCUT2D eigenvalue weighted by Crippen LogP contribution is 2.15. The molecule has 0 aromatic heterocycles. The fourth-order valence-corrected chi connectivity index (χ4v) is 2.29. The summed E-state index contributed by atoms with van der Waals surface area (Å²) >= 11 is 0. The summed E-state index contributed by atoms with van der Waals surface area (Å²) in [6.07, 6.45) is 1.68. The third-order valence-corrected chi connectivity index (χ3v) is 3.50. The molecule has 4 nitrogen and oxygen atoms in total. The van der Waals surface area contributed by atoms with Crippen LogP contribution in [0.2, 0.25) is 0 Å². The second kappa shape index (κ2) is 7.93. The Labute approximate surface area is 146 Å². The van der Waals surface area contributed by atoms with Gasteiger partial charge in [0.15, 0.2) is 0 Å². The lowest BCUT2D eigenvalue weighted by Gasteiger charge is -2.05. The van der Waals surface area contributed by atoms with Gasteiger partial charge in [-0.15, -0.1) is 0 Å². The van der Waals surface area contributed by atoms with Crippen LogP contribution < -0.4 is 10.2 Å². The van der Waals surface area contributed by atoms with Gasteiger partial charge in [0, 0.05) is 0 Å². The van der Waals surface area contributed by atoms with E-state index in [0.29, 0.717) is 11.3 Å². The van der Waals surface area contributed by atoms with Crippen LogP contribution in [-0.2, 0) is 0 Å². The number of carbonyl (C=O) groups is 1. The highest BCUT2D eigenvalue weighted by atomic mass is 16.5. The summed E-state index contributed by atoms with van der Waals surface area (Å²) in [7, 11) is 0. The van der Waals surface area contributed by atoms with Crippen molar-refractivity contribution in [1.29, 1.82) is 0 Å². The molecule has 0 spiro atoms. The maximum absolute atomic E-state index is 12.2. The first kappa shape index (κ1) is 16.5. The number of hydrogen-bond acceptors (Lipinski definition) is 4. The molecule has 124 valence electrons. The molecule has 0 saturated carbocycles. The lowest BCUT2D eigenvalue weighted by molar-refractivity contribution is 0.0734. The van der Waals surface area contributed by atoms with E-state index in [-0.39, 0.29) is 5.97 Å². The summed E-state index contributed by atoms with van der Waals surface area (Å²) in [5, 5.41) is 4.19. The zero-order valence-electron chi connectivity index (χ0n) is 13.8. The molecular weight excluding hydrogens is 312 g/mol. The van der Waals surface area contributed by atoms with E-state index >= 15 is 0 Å². The molecule has 0 aliphatic carbocycles. The fourth-order valence-electron chi connectivity index (χ4n) is 2.29. The van der Waals surface area contributed by atoms with Crippen molar-refractivity contribution in [2.24, 2.45) is 5.10 Å². The van der Waals surface area contributed by atoms with E-state index in [1.807, 2.05) is 61.5 Å². The minimum atomic E-state index is -0.375. The molecule has 0 fully saturated rings. The normalized spacial score (nSPS) is 10.6. The molecule has 4 heteroatoms. The first-order valence-corrected chi connectivity index (χ1v) is 7.94. The Balaban J connectivity index is 1.66. The molecule has 0 unspecified atom stereocenters. The number of ether oxygens (including phenoxy) is 1. The minimum Gasteiger partial charge on any atom is -0.423 e. The van der Waals surface area contributed by atoms with E-state index in [2.05, 4.69) is 10.5 Å². The number of nitrogens with zero attached hydrogens (tertiary/aromatic N) is 1. The van der Waals surface area contributed by atoms with Gasteiger partial charge in [-0.05, 0) is 48.9 Å². The first-order chi connectivity index (χ1) is 12.2. The molecule has 0 heterocycles. The predicted molar refractivity (Wildman–Crippen MR) is 100 cm³/mol. The van der Waals surface area contributed by atoms with Crippen LogP contribution in [0.25, 0.3) is 0 Å². The first-order valence-electron chi connectivity index (χ1n) is 7.94. The zero-order valence-corrected chi connectivity index (χ0v) is 13.8. The molecule has 3 rings (SSSR count). The van der Waals surface area contributed by atoms with E-state index in [0.717, 1.165) is 16.8 Å². The molecule has 0 aliphatic rings. The number of nitrogens with one attached hydrogen (secondary N) is 1. The van der Waals surface area contributed by atoms with Gasteiger partial charge in [-0.1, -0.05) is 48.0 Å². The molecule has 0 saturated heterocycles. The second-order valence-corrected chi connectivity index (χ2v) is 5.57. The molecule has 1 N–H and O–H groups in total. The quantitative estimate of drug-likeness (QED) is 0.320. The summed E-state index contributed by atoms with van der Waals surface area (Å²) < 4.78 is 5.44. The van der Waals surface area contributed by atoms with Crippen LogP contribution in [0.5, 0.6) is 5.75 Å². The Morgan fingerprint density at radius 3 is 2.56 bits per heavy atom. The summed E-state index contributed by atoms with van der Waals surface area (Å²) in [5.41, 5.74) is 6.23. The van der Waals surface area contributed by atoms with Gasteiger partial charge < -0.3 is 4.74 Å². The van der Waals surface area contributed by atoms with E-state index in [1.54, 1.807) is 30.5 Å². The smallest absolute Gasteiger partial charge is 0.343 e. The van der Waals surface area contributed by atoms with Gasteiger partial charge in [0.05, 0.1) is 17.5 Å². The van der Waals surface area contributed by atoms with E-state index in [9.17, 15) is 4.79 Å². The highest BCUT2D eigenvalue weighted by Gasteiger charge is 2.08. The predicted octanol–water partition coefficient (Wildman–Crippen LogP) is 4.66. The molecule has 0 amide bonds. The lowest BCUT2D eigenvalue weighted by atomic mass is 10.1. The maximum Gasteiger partial charge on any atom is 0.343 e. The van der Waals surface area contributed by atoms with Crippen LogP contribution in [0.3, 0.4) is 0 Å². The topological polar surface area (TPSA) is 50.7 Å². The molecule has 25 heavy (non-hydrogen) atoms.